The van der Waals surface area contributed by atoms with Crippen LogP contribution in [-0.2, 0) is 0 Å². The lowest BCUT2D eigenvalue weighted by molar-refractivity contribution is -0.384. The Hall–Kier alpha value is -1.84. The average molecular weight is 454 g/mol. The third kappa shape index (κ3) is 4.87. The van der Waals surface area contributed by atoms with E-state index in [0.717, 1.165) is 6.07 Å². The van der Waals surface area contributed by atoms with Crippen LogP contribution in [0.2, 0.25) is 20.1 Å². The van der Waals surface area contributed by atoms with Crippen LogP contribution in [0.1, 0.15) is 10.4 Å². The van der Waals surface area contributed by atoms with E-state index in [4.69, 9.17) is 58.6 Å². The van der Waals surface area contributed by atoms with Gasteiger partial charge in [0, 0.05) is 17.7 Å². The van der Waals surface area contributed by atoms with Crippen LogP contribution in [0, 0.1) is 10.1 Å². The Morgan fingerprint density at radius 1 is 1.04 bits per heavy atom. The molecule has 2 rings (SSSR count). The molecule has 0 fully saturated rings. The highest BCUT2D eigenvalue weighted by Crippen LogP contribution is 2.40. The zero-order valence-corrected chi connectivity index (χ0v) is 16.3. The van der Waals surface area contributed by atoms with Crippen molar-refractivity contribution in [3.8, 4) is 0 Å². The molecule has 2 aromatic rings. The summed E-state index contributed by atoms with van der Waals surface area (Å²) in [6.45, 7) is 0. The molecule has 0 atom stereocenters. The first kappa shape index (κ1) is 20.5. The second kappa shape index (κ2) is 8.70. The summed E-state index contributed by atoms with van der Waals surface area (Å²) in [5.74, 6) is -0.629. The number of nitro groups is 1. The fraction of sp³-hybridized carbons (Fsp3) is 0. The summed E-state index contributed by atoms with van der Waals surface area (Å²) in [4.78, 5) is 22.2. The molecule has 3 N–H and O–H groups in total. The van der Waals surface area contributed by atoms with E-state index in [2.05, 4.69) is 16.2 Å². The van der Waals surface area contributed by atoms with Crippen molar-refractivity contribution < 1.29 is 9.72 Å². The minimum Gasteiger partial charge on any atom is -0.330 e. The number of hydrogen-bond donors (Lipinski definition) is 3. The highest BCUT2D eigenvalue weighted by molar-refractivity contribution is 7.80. The molecular formula is C14H8Cl4N4O3S. The van der Waals surface area contributed by atoms with Crippen molar-refractivity contribution in [2.24, 2.45) is 0 Å². The molecule has 0 spiro atoms. The Morgan fingerprint density at radius 3 is 2.38 bits per heavy atom. The molecule has 0 unspecified atom stereocenters. The summed E-state index contributed by atoms with van der Waals surface area (Å²) in [7, 11) is 0. The lowest BCUT2D eigenvalue weighted by Gasteiger charge is -2.14. The smallest absolute Gasteiger partial charge is 0.270 e. The first-order valence-corrected chi connectivity index (χ1v) is 8.57. The molecule has 1 amide bonds. The summed E-state index contributed by atoms with van der Waals surface area (Å²) in [5.41, 5.74) is 4.86. The van der Waals surface area contributed by atoms with Crippen molar-refractivity contribution in [3.05, 3.63) is 66.1 Å². The fourth-order valence-corrected chi connectivity index (χ4v) is 2.77. The number of anilines is 1. The van der Waals surface area contributed by atoms with E-state index in [1.165, 1.54) is 24.3 Å². The highest BCUT2D eigenvalue weighted by atomic mass is 35.5. The van der Waals surface area contributed by atoms with Gasteiger partial charge in [-0.15, -0.1) is 0 Å². The Kier molecular flexibility index (Phi) is 6.85. The van der Waals surface area contributed by atoms with Crippen LogP contribution in [0.4, 0.5) is 11.4 Å². The third-order valence-electron chi connectivity index (χ3n) is 2.96. The number of rotatable bonds is 3. The van der Waals surface area contributed by atoms with Gasteiger partial charge in [-0.1, -0.05) is 52.5 Å². The van der Waals surface area contributed by atoms with Crippen molar-refractivity contribution in [3.63, 3.8) is 0 Å². The molecule has 0 radical (unpaired) electrons. The standard InChI is InChI=1S/C14H8Cl4N4O3S/c15-8-5-9(11(17)12(18)10(8)16)19-14(26)21-20-13(23)6-2-1-3-7(4-6)22(24)25/h1-5H,(H,20,23)(H2,19,21,26). The van der Waals surface area contributed by atoms with Gasteiger partial charge >= 0.3 is 0 Å². The number of hydrogen-bond acceptors (Lipinski definition) is 4. The number of thiocarbonyl (C=S) groups is 1. The number of nitro benzene ring substituents is 1. The monoisotopic (exact) mass is 452 g/mol. The largest absolute Gasteiger partial charge is 0.330 e. The minimum absolute atomic E-state index is 0.0277. The maximum absolute atomic E-state index is 12.0. The van der Waals surface area contributed by atoms with Gasteiger partial charge in [0.15, 0.2) is 5.11 Å². The molecule has 0 aliphatic rings. The summed E-state index contributed by atoms with van der Waals surface area (Å²) in [6.07, 6.45) is 0. The van der Waals surface area contributed by atoms with Crippen LogP contribution < -0.4 is 16.2 Å². The van der Waals surface area contributed by atoms with Crippen LogP contribution in [0.5, 0.6) is 0 Å². The average Bonchev–Trinajstić information content (AvgIpc) is 2.62. The lowest BCUT2D eigenvalue weighted by Crippen LogP contribution is -2.43. The quantitative estimate of drug-likeness (QED) is 0.202. The predicted molar refractivity (Wildman–Crippen MR) is 106 cm³/mol. The van der Waals surface area contributed by atoms with Crippen molar-refractivity contribution in [1.82, 2.24) is 10.9 Å². The van der Waals surface area contributed by atoms with Gasteiger partial charge in [0.1, 0.15) is 0 Å². The number of hydrazine groups is 1. The molecule has 0 saturated carbocycles. The topological polar surface area (TPSA) is 96.3 Å². The Labute approximate surface area is 172 Å². The third-order valence-corrected chi connectivity index (χ3v) is 4.92. The second-order valence-corrected chi connectivity index (χ2v) is 6.64. The van der Waals surface area contributed by atoms with Gasteiger partial charge in [-0.25, -0.2) is 0 Å². The van der Waals surface area contributed by atoms with Crippen molar-refractivity contribution in [2.75, 3.05) is 5.32 Å². The SMILES string of the molecule is O=C(NNC(=S)Nc1cc(Cl)c(Cl)c(Cl)c1Cl)c1cccc([N+](=O)[O-])c1. The maximum atomic E-state index is 12.0. The first-order valence-electron chi connectivity index (χ1n) is 6.65. The van der Waals surface area contributed by atoms with Gasteiger partial charge in [0.2, 0.25) is 0 Å². The van der Waals surface area contributed by atoms with Gasteiger partial charge < -0.3 is 5.32 Å². The molecular weight excluding hydrogens is 446 g/mol. The van der Waals surface area contributed by atoms with Gasteiger partial charge in [-0.2, -0.15) is 0 Å². The summed E-state index contributed by atoms with van der Waals surface area (Å²) < 4.78 is 0. The van der Waals surface area contributed by atoms with Gasteiger partial charge in [0.05, 0.1) is 30.7 Å². The van der Waals surface area contributed by atoms with Crippen LogP contribution in [-0.4, -0.2) is 15.9 Å². The minimum atomic E-state index is -0.629. The predicted octanol–water partition coefficient (Wildman–Crippen LogP) is 4.84. The van der Waals surface area contributed by atoms with E-state index >= 15 is 0 Å². The van der Waals surface area contributed by atoms with Gasteiger partial charge in [0.25, 0.3) is 11.6 Å². The zero-order chi connectivity index (χ0) is 19.4. The molecule has 26 heavy (non-hydrogen) atoms. The number of nitrogens with one attached hydrogen (secondary N) is 3. The maximum Gasteiger partial charge on any atom is 0.270 e. The molecule has 0 aliphatic heterocycles. The van der Waals surface area contributed by atoms with Crippen LogP contribution in [0.25, 0.3) is 0 Å². The highest BCUT2D eigenvalue weighted by Gasteiger charge is 2.15. The molecule has 0 heterocycles. The van der Waals surface area contributed by atoms with E-state index in [9.17, 15) is 14.9 Å². The molecule has 2 aromatic carbocycles. The normalized spacial score (nSPS) is 10.2. The fourth-order valence-electron chi connectivity index (χ4n) is 1.76. The zero-order valence-electron chi connectivity index (χ0n) is 12.5. The van der Waals surface area contributed by atoms with Crippen molar-refractivity contribution >= 4 is 81.0 Å². The molecule has 136 valence electrons. The number of carbonyl (C=O) groups excluding carboxylic acids is 1. The summed E-state index contributed by atoms with van der Waals surface area (Å²) in [6, 6.07) is 6.61. The molecule has 0 aliphatic carbocycles. The van der Waals surface area contributed by atoms with Crippen molar-refractivity contribution in [1.29, 1.82) is 0 Å². The first-order chi connectivity index (χ1) is 12.2. The number of benzene rings is 2. The number of halogens is 4. The van der Waals surface area contributed by atoms with E-state index in [0.29, 0.717) is 0 Å². The van der Waals surface area contributed by atoms with E-state index in [-0.39, 0.29) is 42.1 Å². The molecule has 0 bridgehead atoms. The van der Waals surface area contributed by atoms with Crippen LogP contribution in [0.15, 0.2) is 30.3 Å². The molecule has 12 heteroatoms. The lowest BCUT2D eigenvalue weighted by atomic mass is 10.2. The number of non-ortho nitro benzene ring substituents is 1. The number of amides is 1. The number of nitrogens with zero attached hydrogens (tertiary/aromatic N) is 1. The van der Waals surface area contributed by atoms with Crippen molar-refractivity contribution in [2.45, 2.75) is 0 Å². The van der Waals surface area contributed by atoms with Gasteiger partial charge in [-0.3, -0.25) is 25.8 Å². The molecule has 0 aromatic heterocycles. The Bertz CT molecular complexity index is 910. The van der Waals surface area contributed by atoms with Crippen LogP contribution in [0.3, 0.4) is 0 Å². The van der Waals surface area contributed by atoms with E-state index < -0.39 is 10.8 Å². The Morgan fingerprint density at radius 2 is 1.73 bits per heavy atom. The summed E-state index contributed by atoms with van der Waals surface area (Å²) >= 11 is 28.8. The van der Waals surface area contributed by atoms with E-state index in [1.807, 2.05) is 0 Å². The van der Waals surface area contributed by atoms with Gasteiger partial charge in [-0.05, 0) is 24.4 Å². The Balaban J connectivity index is 2.02. The second-order valence-electron chi connectivity index (χ2n) is 4.69. The van der Waals surface area contributed by atoms with E-state index in [1.54, 1.807) is 0 Å². The van der Waals surface area contributed by atoms with Crippen LogP contribution >= 0.6 is 58.6 Å². The molecule has 7 nitrogen and oxygen atoms in total. The number of carbonyl (C=O) groups is 1. The molecule has 0 saturated heterocycles. The summed E-state index contributed by atoms with van der Waals surface area (Å²) in [5, 5.41) is 13.8.